The second-order valence-electron chi connectivity index (χ2n) is 6.48. The van der Waals surface area contributed by atoms with Gasteiger partial charge in [0, 0.05) is 4.88 Å². The molecule has 2 aromatic rings. The Morgan fingerprint density at radius 1 is 1.18 bits per heavy atom. The maximum Gasteiger partial charge on any atom is 0.303 e. The SMILES string of the molecule is CC(Nc1c(Cl)ccc2c1CCNCC2)c1cccs1.O=C(O)CCC(=O)O. The number of nitrogens with one attached hydrogen (secondary N) is 2. The van der Waals surface area contributed by atoms with Crippen molar-refractivity contribution < 1.29 is 19.8 Å². The van der Waals surface area contributed by atoms with Crippen LogP contribution >= 0.6 is 22.9 Å². The highest BCUT2D eigenvalue weighted by Crippen LogP contribution is 2.34. The van der Waals surface area contributed by atoms with Crippen LogP contribution < -0.4 is 10.6 Å². The number of benzene rings is 1. The van der Waals surface area contributed by atoms with E-state index >= 15 is 0 Å². The van der Waals surface area contributed by atoms with E-state index < -0.39 is 11.9 Å². The minimum absolute atomic E-state index is 0.287. The van der Waals surface area contributed by atoms with Gasteiger partial charge in [-0.15, -0.1) is 11.3 Å². The average molecular weight is 425 g/mol. The van der Waals surface area contributed by atoms with Crippen LogP contribution in [0.15, 0.2) is 29.6 Å². The summed E-state index contributed by atoms with van der Waals surface area (Å²) in [4.78, 5) is 20.6. The van der Waals surface area contributed by atoms with Crippen molar-refractivity contribution in [3.05, 3.63) is 50.7 Å². The minimum atomic E-state index is -1.08. The van der Waals surface area contributed by atoms with Crippen molar-refractivity contribution in [1.29, 1.82) is 0 Å². The lowest BCUT2D eigenvalue weighted by atomic mass is 10.0. The van der Waals surface area contributed by atoms with E-state index in [2.05, 4.69) is 41.1 Å². The van der Waals surface area contributed by atoms with Gasteiger partial charge in [0.15, 0.2) is 0 Å². The molecule has 3 rings (SSSR count). The van der Waals surface area contributed by atoms with E-state index in [1.807, 2.05) is 6.07 Å². The predicted molar refractivity (Wildman–Crippen MR) is 113 cm³/mol. The zero-order valence-corrected chi connectivity index (χ0v) is 17.3. The number of carbonyl (C=O) groups is 2. The molecule has 1 aromatic carbocycles. The highest BCUT2D eigenvalue weighted by atomic mass is 35.5. The first-order chi connectivity index (χ1) is 13.4. The number of anilines is 1. The quantitative estimate of drug-likeness (QED) is 0.554. The summed E-state index contributed by atoms with van der Waals surface area (Å²) in [5.41, 5.74) is 3.92. The van der Waals surface area contributed by atoms with E-state index in [9.17, 15) is 9.59 Å². The lowest BCUT2D eigenvalue weighted by molar-refractivity contribution is -0.143. The molecule has 0 spiro atoms. The molecular weight excluding hydrogens is 400 g/mol. The third-order valence-corrected chi connectivity index (χ3v) is 5.74. The summed E-state index contributed by atoms with van der Waals surface area (Å²) in [5, 5.41) is 25.8. The van der Waals surface area contributed by atoms with Crippen LogP contribution in [-0.4, -0.2) is 35.2 Å². The Morgan fingerprint density at radius 3 is 2.46 bits per heavy atom. The molecule has 1 atom stereocenters. The summed E-state index contributed by atoms with van der Waals surface area (Å²) in [6.07, 6.45) is 1.52. The molecule has 152 valence electrons. The fraction of sp³-hybridized carbons (Fsp3) is 0.400. The number of carboxylic acid groups (broad SMARTS) is 2. The molecule has 1 aliphatic heterocycles. The molecule has 6 nitrogen and oxygen atoms in total. The highest BCUT2D eigenvalue weighted by molar-refractivity contribution is 7.10. The van der Waals surface area contributed by atoms with E-state index in [0.717, 1.165) is 36.6 Å². The van der Waals surface area contributed by atoms with Crippen LogP contribution in [0.3, 0.4) is 0 Å². The Kier molecular flexibility index (Phi) is 8.76. The Balaban J connectivity index is 0.000000300. The largest absolute Gasteiger partial charge is 0.481 e. The zero-order chi connectivity index (χ0) is 20.5. The van der Waals surface area contributed by atoms with E-state index in [-0.39, 0.29) is 18.9 Å². The maximum absolute atomic E-state index is 9.64. The van der Waals surface area contributed by atoms with Crippen LogP contribution in [0.25, 0.3) is 0 Å². The van der Waals surface area contributed by atoms with Crippen LogP contribution in [0.4, 0.5) is 5.69 Å². The molecule has 0 saturated carbocycles. The first kappa shape index (κ1) is 22.2. The molecule has 0 fully saturated rings. The number of aliphatic carboxylic acids is 2. The van der Waals surface area contributed by atoms with Gasteiger partial charge in [0.2, 0.25) is 0 Å². The molecule has 2 heterocycles. The Morgan fingerprint density at radius 2 is 1.86 bits per heavy atom. The van der Waals surface area contributed by atoms with Crippen LogP contribution in [-0.2, 0) is 22.4 Å². The van der Waals surface area contributed by atoms with Crippen molar-refractivity contribution in [3.8, 4) is 0 Å². The highest BCUT2D eigenvalue weighted by Gasteiger charge is 2.17. The molecular formula is C20H25ClN2O4S. The van der Waals surface area contributed by atoms with Crippen LogP contribution in [0.2, 0.25) is 5.02 Å². The van der Waals surface area contributed by atoms with Gasteiger partial charge in [0.05, 0.1) is 29.6 Å². The lowest BCUT2D eigenvalue weighted by Crippen LogP contribution is -2.16. The normalized spacial score (nSPS) is 14.1. The zero-order valence-electron chi connectivity index (χ0n) is 15.7. The van der Waals surface area contributed by atoms with Gasteiger partial charge in [-0.2, -0.15) is 0 Å². The Hall–Kier alpha value is -2.09. The number of rotatable bonds is 6. The number of fused-ring (bicyclic) bond motifs is 1. The molecule has 1 unspecified atom stereocenters. The number of hydrogen-bond acceptors (Lipinski definition) is 5. The van der Waals surface area contributed by atoms with Crippen LogP contribution in [0, 0.1) is 0 Å². The smallest absolute Gasteiger partial charge is 0.303 e. The standard InChI is InChI=1S/C16H19ClN2S.C4H6O4/c1-11(15-3-2-10-20-15)19-16-13-7-9-18-8-6-12(13)4-5-14(16)17;5-3(6)1-2-4(7)8/h2-5,10-11,18-19H,6-9H2,1H3;1-2H2,(H,5,6)(H,7,8). The second kappa shape index (κ2) is 11.0. The van der Waals surface area contributed by atoms with E-state index in [1.165, 1.54) is 16.0 Å². The van der Waals surface area contributed by atoms with Crippen LogP contribution in [0.5, 0.6) is 0 Å². The van der Waals surface area contributed by atoms with E-state index in [1.54, 1.807) is 11.3 Å². The predicted octanol–water partition coefficient (Wildman–Crippen LogP) is 4.20. The van der Waals surface area contributed by atoms with Crippen molar-refractivity contribution in [1.82, 2.24) is 5.32 Å². The third-order valence-electron chi connectivity index (χ3n) is 4.37. The fourth-order valence-corrected chi connectivity index (χ4v) is 3.90. The summed E-state index contributed by atoms with van der Waals surface area (Å²) in [7, 11) is 0. The lowest BCUT2D eigenvalue weighted by Gasteiger charge is -2.20. The molecule has 0 aliphatic carbocycles. The number of halogens is 1. The topological polar surface area (TPSA) is 98.7 Å². The van der Waals surface area contributed by atoms with Crippen LogP contribution in [0.1, 0.15) is 41.8 Å². The van der Waals surface area contributed by atoms with Crippen molar-refractivity contribution in [2.24, 2.45) is 0 Å². The third kappa shape index (κ3) is 6.82. The summed E-state index contributed by atoms with van der Waals surface area (Å²) < 4.78 is 0. The molecule has 1 aliphatic rings. The van der Waals surface area contributed by atoms with Gasteiger partial charge in [-0.25, -0.2) is 0 Å². The van der Waals surface area contributed by atoms with Gasteiger partial charge in [-0.05, 0) is 61.5 Å². The molecule has 0 bridgehead atoms. The first-order valence-corrected chi connectivity index (χ1v) is 10.4. The average Bonchev–Trinajstić information content (AvgIpc) is 3.09. The molecule has 28 heavy (non-hydrogen) atoms. The van der Waals surface area contributed by atoms with E-state index in [0.29, 0.717) is 0 Å². The minimum Gasteiger partial charge on any atom is -0.481 e. The summed E-state index contributed by atoms with van der Waals surface area (Å²) >= 11 is 8.22. The molecule has 0 saturated heterocycles. The van der Waals surface area contributed by atoms with Gasteiger partial charge in [-0.3, -0.25) is 9.59 Å². The monoisotopic (exact) mass is 424 g/mol. The van der Waals surface area contributed by atoms with E-state index in [4.69, 9.17) is 21.8 Å². The van der Waals surface area contributed by atoms with Gasteiger partial charge in [0.25, 0.3) is 0 Å². The molecule has 4 N–H and O–H groups in total. The second-order valence-corrected chi connectivity index (χ2v) is 7.87. The maximum atomic E-state index is 9.64. The molecule has 0 radical (unpaired) electrons. The van der Waals surface area contributed by atoms with Crippen molar-refractivity contribution in [3.63, 3.8) is 0 Å². The van der Waals surface area contributed by atoms with Gasteiger partial charge < -0.3 is 20.8 Å². The van der Waals surface area contributed by atoms with Gasteiger partial charge in [-0.1, -0.05) is 23.7 Å². The van der Waals surface area contributed by atoms with Crippen molar-refractivity contribution in [2.45, 2.75) is 38.6 Å². The first-order valence-electron chi connectivity index (χ1n) is 9.13. The number of thiophene rings is 1. The van der Waals surface area contributed by atoms with Gasteiger partial charge >= 0.3 is 11.9 Å². The van der Waals surface area contributed by atoms with Crippen molar-refractivity contribution in [2.75, 3.05) is 18.4 Å². The number of hydrogen-bond donors (Lipinski definition) is 4. The summed E-state index contributed by atoms with van der Waals surface area (Å²) in [6, 6.07) is 8.74. The fourth-order valence-electron chi connectivity index (χ4n) is 2.94. The molecule has 1 aromatic heterocycles. The number of carboxylic acids is 2. The molecule has 0 amide bonds. The van der Waals surface area contributed by atoms with Crippen molar-refractivity contribution >= 4 is 40.6 Å². The Labute approximate surface area is 173 Å². The summed E-state index contributed by atoms with van der Waals surface area (Å²) in [5.74, 6) is -2.15. The Bertz CT molecular complexity index is 782. The molecule has 8 heteroatoms. The summed E-state index contributed by atoms with van der Waals surface area (Å²) in [6.45, 7) is 4.26. The van der Waals surface area contributed by atoms with Gasteiger partial charge in [0.1, 0.15) is 0 Å².